The molecule has 0 rings (SSSR count). The summed E-state index contributed by atoms with van der Waals surface area (Å²) in [5.41, 5.74) is 2.26. The van der Waals surface area contributed by atoms with Crippen LogP contribution in [0.5, 0.6) is 0 Å². The Kier molecular flexibility index (Phi) is 5.24. The molecule has 0 heterocycles. The van der Waals surface area contributed by atoms with Crippen LogP contribution in [0.2, 0.25) is 0 Å². The van der Waals surface area contributed by atoms with Crippen molar-refractivity contribution in [1.82, 2.24) is 5.48 Å². The molecule has 0 saturated heterocycles. The average molecular weight is 196 g/mol. The monoisotopic (exact) mass is 195 g/mol. The third-order valence-electron chi connectivity index (χ3n) is 0.410. The molecule has 0 fully saturated rings. The molecule has 4 nitrogen and oxygen atoms in total. The van der Waals surface area contributed by atoms with E-state index in [-0.39, 0.29) is 6.61 Å². The molecule has 0 radical (unpaired) electrons. The Balaban J connectivity index is 3.01. The summed E-state index contributed by atoms with van der Waals surface area (Å²) in [7, 11) is 0. The molecule has 0 aliphatic carbocycles. The maximum Gasteiger partial charge on any atom is 0.332 e. The van der Waals surface area contributed by atoms with Crippen LogP contribution in [0, 0.1) is 0 Å². The minimum Gasteiger partial charge on any atom is -0.479 e. The highest BCUT2D eigenvalue weighted by atomic mass is 79.9. The van der Waals surface area contributed by atoms with Crippen LogP contribution in [0.15, 0.2) is 11.2 Å². The molecule has 0 aromatic carbocycles. The molecular weight excluding hydrogens is 190 g/mol. The summed E-state index contributed by atoms with van der Waals surface area (Å²) in [5.74, 6) is -1.01. The summed E-state index contributed by atoms with van der Waals surface area (Å²) in [6, 6.07) is 0. The van der Waals surface area contributed by atoms with E-state index in [1.807, 2.05) is 0 Å². The second kappa shape index (κ2) is 5.58. The fourth-order valence-electron chi connectivity index (χ4n) is 0.177. The van der Waals surface area contributed by atoms with Crippen molar-refractivity contribution in [3.63, 3.8) is 0 Å². The van der Waals surface area contributed by atoms with Gasteiger partial charge in [-0.15, -0.1) is 0 Å². The van der Waals surface area contributed by atoms with Gasteiger partial charge in [-0.05, 0) is 4.99 Å². The molecule has 0 bridgehead atoms. The minimum absolute atomic E-state index is 0.350. The van der Waals surface area contributed by atoms with E-state index in [1.165, 1.54) is 11.2 Å². The highest BCUT2D eigenvalue weighted by Gasteiger charge is 1.91. The van der Waals surface area contributed by atoms with E-state index in [1.54, 1.807) is 0 Å². The average Bonchev–Trinajstić information content (AvgIpc) is 1.80. The van der Waals surface area contributed by atoms with Crippen LogP contribution in [0.1, 0.15) is 0 Å². The second-order valence-corrected chi connectivity index (χ2v) is 1.62. The first-order valence-electron chi connectivity index (χ1n) is 2.11. The van der Waals surface area contributed by atoms with E-state index in [2.05, 4.69) is 26.2 Å². The van der Waals surface area contributed by atoms with Gasteiger partial charge in [-0.25, -0.2) is 4.79 Å². The quantitative estimate of drug-likeness (QED) is 0.506. The van der Waals surface area contributed by atoms with E-state index >= 15 is 0 Å². The van der Waals surface area contributed by atoms with Crippen molar-refractivity contribution in [1.29, 1.82) is 0 Å². The first-order valence-corrected chi connectivity index (χ1v) is 3.03. The number of carboxylic acids is 1. The molecular formula is C4H6BrNO3. The lowest BCUT2D eigenvalue weighted by atomic mass is 10.8. The normalized spacial score (nSPS) is 9.89. The fraction of sp³-hybridized carbons (Fsp3) is 0.250. The first-order chi connectivity index (χ1) is 4.27. The third kappa shape index (κ3) is 7.45. The highest BCUT2D eigenvalue weighted by Crippen LogP contribution is 1.77. The van der Waals surface area contributed by atoms with Gasteiger partial charge in [-0.1, -0.05) is 15.9 Å². The summed E-state index contributed by atoms with van der Waals surface area (Å²) in [6.45, 7) is -0.350. The lowest BCUT2D eigenvalue weighted by Crippen LogP contribution is -2.14. The molecule has 0 aliphatic rings. The number of carbonyl (C=O) groups is 1. The van der Waals surface area contributed by atoms with Crippen molar-refractivity contribution in [3.05, 3.63) is 11.2 Å². The van der Waals surface area contributed by atoms with Crippen LogP contribution in [-0.2, 0) is 9.63 Å². The second-order valence-electron chi connectivity index (χ2n) is 1.09. The summed E-state index contributed by atoms with van der Waals surface area (Å²) >= 11 is 2.95. The summed E-state index contributed by atoms with van der Waals surface area (Å²) < 4.78 is 0. The molecule has 2 N–H and O–H groups in total. The van der Waals surface area contributed by atoms with Gasteiger partial charge in [0.2, 0.25) is 0 Å². The number of hydroxylamine groups is 1. The van der Waals surface area contributed by atoms with Crippen LogP contribution in [0.3, 0.4) is 0 Å². The molecule has 0 aromatic rings. The molecule has 0 saturated carbocycles. The minimum atomic E-state index is -1.01. The van der Waals surface area contributed by atoms with E-state index in [4.69, 9.17) is 5.11 Å². The predicted octanol–water partition coefficient (Wildman–Crippen LogP) is 0.458. The molecule has 9 heavy (non-hydrogen) atoms. The van der Waals surface area contributed by atoms with Crippen molar-refractivity contribution < 1.29 is 14.7 Å². The van der Waals surface area contributed by atoms with Gasteiger partial charge in [0.05, 0.1) is 0 Å². The maximum absolute atomic E-state index is 9.76. The Labute approximate surface area is 60.6 Å². The molecule has 0 unspecified atom stereocenters. The Hall–Kier alpha value is -0.550. The highest BCUT2D eigenvalue weighted by molar-refractivity contribution is 9.11. The van der Waals surface area contributed by atoms with Crippen molar-refractivity contribution in [3.8, 4) is 0 Å². The molecule has 5 heteroatoms. The predicted molar refractivity (Wildman–Crippen MR) is 34.8 cm³/mol. The van der Waals surface area contributed by atoms with E-state index in [0.29, 0.717) is 0 Å². The van der Waals surface area contributed by atoms with Crippen molar-refractivity contribution in [2.75, 3.05) is 6.61 Å². The molecule has 0 aliphatic heterocycles. The van der Waals surface area contributed by atoms with E-state index in [9.17, 15) is 4.79 Å². The summed E-state index contributed by atoms with van der Waals surface area (Å²) in [6.07, 6.45) is 1.42. The molecule has 0 spiro atoms. The summed E-state index contributed by atoms with van der Waals surface area (Å²) in [4.78, 5) is 15.6. The Morgan fingerprint density at radius 2 is 2.56 bits per heavy atom. The van der Waals surface area contributed by atoms with E-state index in [0.717, 1.165) is 0 Å². The largest absolute Gasteiger partial charge is 0.479 e. The van der Waals surface area contributed by atoms with Gasteiger partial charge >= 0.3 is 5.97 Å². The van der Waals surface area contributed by atoms with Gasteiger partial charge in [0, 0.05) is 6.20 Å². The third-order valence-corrected chi connectivity index (χ3v) is 0.674. The molecule has 0 amide bonds. The maximum atomic E-state index is 9.76. The summed E-state index contributed by atoms with van der Waals surface area (Å²) in [5, 5.41) is 8.01. The SMILES string of the molecule is O=C(O)CONC=CBr. The van der Waals surface area contributed by atoms with Gasteiger partial charge in [0.15, 0.2) is 6.61 Å². The molecule has 0 atom stereocenters. The van der Waals surface area contributed by atoms with Gasteiger partial charge in [0.25, 0.3) is 0 Å². The topological polar surface area (TPSA) is 58.6 Å². The number of halogens is 1. The Morgan fingerprint density at radius 1 is 1.89 bits per heavy atom. The van der Waals surface area contributed by atoms with Crippen LogP contribution in [0.4, 0.5) is 0 Å². The van der Waals surface area contributed by atoms with Crippen molar-refractivity contribution in [2.24, 2.45) is 0 Å². The van der Waals surface area contributed by atoms with E-state index < -0.39 is 5.97 Å². The zero-order valence-electron chi connectivity index (χ0n) is 4.50. The Morgan fingerprint density at radius 3 is 3.00 bits per heavy atom. The zero-order valence-corrected chi connectivity index (χ0v) is 6.09. The zero-order chi connectivity index (χ0) is 7.11. The number of hydrogen-bond donors (Lipinski definition) is 2. The number of nitrogens with one attached hydrogen (secondary N) is 1. The van der Waals surface area contributed by atoms with Gasteiger partial charge < -0.3 is 5.11 Å². The first kappa shape index (κ1) is 8.45. The number of hydrogen-bond acceptors (Lipinski definition) is 3. The molecule has 52 valence electrons. The van der Waals surface area contributed by atoms with Crippen LogP contribution < -0.4 is 5.48 Å². The lowest BCUT2D eigenvalue weighted by Gasteiger charge is -1.95. The smallest absolute Gasteiger partial charge is 0.332 e. The number of carboxylic acid groups (broad SMARTS) is 1. The van der Waals surface area contributed by atoms with Crippen molar-refractivity contribution in [2.45, 2.75) is 0 Å². The van der Waals surface area contributed by atoms with Crippen molar-refractivity contribution >= 4 is 21.9 Å². The Bertz CT molecular complexity index is 114. The van der Waals surface area contributed by atoms with Crippen LogP contribution in [0.25, 0.3) is 0 Å². The molecule has 0 aromatic heterocycles. The number of rotatable bonds is 4. The van der Waals surface area contributed by atoms with Gasteiger partial charge in [0.1, 0.15) is 0 Å². The van der Waals surface area contributed by atoms with Gasteiger partial charge in [-0.2, -0.15) is 0 Å². The van der Waals surface area contributed by atoms with Gasteiger partial charge in [-0.3, -0.25) is 10.3 Å². The van der Waals surface area contributed by atoms with Crippen LogP contribution in [-0.4, -0.2) is 17.7 Å². The fourth-order valence-corrected chi connectivity index (χ4v) is 0.285. The lowest BCUT2D eigenvalue weighted by molar-refractivity contribution is -0.144. The standard InChI is InChI=1S/C4H6BrNO3/c5-1-2-6-9-3-4(7)8/h1-2,6H,3H2,(H,7,8). The van der Waals surface area contributed by atoms with Crippen LogP contribution >= 0.6 is 15.9 Å². The number of aliphatic carboxylic acids is 1.